The van der Waals surface area contributed by atoms with Crippen molar-refractivity contribution in [3.8, 4) is 0 Å². The van der Waals surface area contributed by atoms with E-state index in [-0.39, 0.29) is 12.5 Å². The van der Waals surface area contributed by atoms with Crippen molar-refractivity contribution >= 4 is 11.9 Å². The average molecular weight is 339 g/mol. The molecule has 0 unspecified atom stereocenters. The van der Waals surface area contributed by atoms with Crippen molar-refractivity contribution in [2.75, 3.05) is 5.73 Å². The molecule has 2 heterocycles. The van der Waals surface area contributed by atoms with E-state index in [9.17, 15) is 4.79 Å². The summed E-state index contributed by atoms with van der Waals surface area (Å²) in [7, 11) is 0. The molecule has 1 amide bonds. The fraction of sp³-hybridized carbons (Fsp3) is 0.294. The number of aryl methyl sites for hydroxylation is 2. The molecular weight excluding hydrogens is 318 g/mol. The fourth-order valence-electron chi connectivity index (χ4n) is 2.49. The van der Waals surface area contributed by atoms with Gasteiger partial charge in [-0.1, -0.05) is 35.5 Å². The number of imidazole rings is 1. The van der Waals surface area contributed by atoms with Crippen molar-refractivity contribution in [1.29, 1.82) is 0 Å². The maximum Gasteiger partial charge on any atom is 0.242 e. The van der Waals surface area contributed by atoms with E-state index < -0.39 is 0 Å². The zero-order chi connectivity index (χ0) is 17.5. The van der Waals surface area contributed by atoms with E-state index in [4.69, 9.17) is 5.73 Å². The summed E-state index contributed by atoms with van der Waals surface area (Å²) in [5.41, 5.74) is 8.48. The first-order valence-electron chi connectivity index (χ1n) is 8.18. The molecule has 0 radical (unpaired) electrons. The number of aromatic nitrogens is 5. The van der Waals surface area contributed by atoms with E-state index in [0.717, 1.165) is 36.2 Å². The molecule has 3 rings (SSSR count). The molecule has 130 valence electrons. The van der Waals surface area contributed by atoms with Crippen LogP contribution >= 0.6 is 0 Å². The van der Waals surface area contributed by atoms with Gasteiger partial charge in [-0.3, -0.25) is 4.79 Å². The second-order valence-corrected chi connectivity index (χ2v) is 5.82. The number of nitrogens with zero attached hydrogens (tertiary/aromatic N) is 4. The summed E-state index contributed by atoms with van der Waals surface area (Å²) in [5, 5.41) is 11.0. The van der Waals surface area contributed by atoms with Crippen LogP contribution in [-0.4, -0.2) is 30.9 Å². The average Bonchev–Trinajstić information content (AvgIpc) is 3.23. The lowest BCUT2D eigenvalue weighted by Crippen LogP contribution is -2.27. The number of aromatic amines is 1. The summed E-state index contributed by atoms with van der Waals surface area (Å²) in [4.78, 5) is 18.9. The Balaban J connectivity index is 1.41. The Morgan fingerprint density at radius 2 is 2.08 bits per heavy atom. The molecule has 3 aromatic rings. The van der Waals surface area contributed by atoms with Crippen LogP contribution in [0.2, 0.25) is 0 Å². The van der Waals surface area contributed by atoms with Crippen LogP contribution in [0.4, 0.5) is 5.95 Å². The van der Waals surface area contributed by atoms with E-state index in [1.165, 1.54) is 0 Å². The largest absolute Gasteiger partial charge is 0.369 e. The number of anilines is 1. The van der Waals surface area contributed by atoms with Crippen LogP contribution in [0.5, 0.6) is 0 Å². The Hall–Kier alpha value is -3.16. The number of benzene rings is 1. The number of H-pyrrole nitrogens is 1. The van der Waals surface area contributed by atoms with Gasteiger partial charge in [0, 0.05) is 18.4 Å². The highest BCUT2D eigenvalue weighted by Gasteiger charge is 2.06. The van der Waals surface area contributed by atoms with Gasteiger partial charge in [-0.15, -0.1) is 5.10 Å². The van der Waals surface area contributed by atoms with Gasteiger partial charge >= 0.3 is 0 Å². The lowest BCUT2D eigenvalue weighted by molar-refractivity contribution is -0.122. The zero-order valence-electron chi connectivity index (χ0n) is 13.9. The van der Waals surface area contributed by atoms with Crippen LogP contribution < -0.4 is 11.1 Å². The predicted octanol–water partition coefficient (Wildman–Crippen LogP) is 1.08. The van der Waals surface area contributed by atoms with Crippen LogP contribution in [-0.2, 0) is 30.7 Å². The van der Waals surface area contributed by atoms with Crippen molar-refractivity contribution in [2.24, 2.45) is 0 Å². The second-order valence-electron chi connectivity index (χ2n) is 5.82. The topological polar surface area (TPSA) is 115 Å². The number of carbonyl (C=O) groups excluding carboxylic acids is 1. The maximum atomic E-state index is 12.0. The Kier molecular flexibility index (Phi) is 5.40. The molecule has 0 bridgehead atoms. The number of nitrogens with one attached hydrogen (secondary N) is 2. The minimum Gasteiger partial charge on any atom is -0.369 e. The van der Waals surface area contributed by atoms with Crippen molar-refractivity contribution in [3.05, 3.63) is 59.7 Å². The molecule has 8 nitrogen and oxygen atoms in total. The standard InChI is InChI=1S/C17H21N7O/c18-17-20-10-14(21-17)7-4-8-15-11-24(23-22-15)12-16(25)19-9-13-5-2-1-3-6-13/h1-3,5-6,10-11H,4,7-9,12H2,(H,19,25)(H3,18,20,21). The Morgan fingerprint density at radius 1 is 1.24 bits per heavy atom. The SMILES string of the molecule is Nc1ncc(CCCc2cn(CC(=O)NCc3ccccc3)nn2)[nH]1. The van der Waals surface area contributed by atoms with Gasteiger partial charge in [-0.25, -0.2) is 9.67 Å². The van der Waals surface area contributed by atoms with Crippen molar-refractivity contribution in [2.45, 2.75) is 32.4 Å². The molecule has 2 aromatic heterocycles. The van der Waals surface area contributed by atoms with Crippen LogP contribution in [0.3, 0.4) is 0 Å². The Morgan fingerprint density at radius 3 is 2.84 bits per heavy atom. The molecule has 0 spiro atoms. The summed E-state index contributed by atoms with van der Waals surface area (Å²) in [5.74, 6) is 0.343. The number of amides is 1. The van der Waals surface area contributed by atoms with Crippen molar-refractivity contribution < 1.29 is 4.79 Å². The molecule has 0 saturated heterocycles. The smallest absolute Gasteiger partial charge is 0.242 e. The number of rotatable bonds is 8. The Labute approximate surface area is 145 Å². The highest BCUT2D eigenvalue weighted by molar-refractivity contribution is 5.75. The Bertz CT molecular complexity index is 809. The number of nitrogens with two attached hydrogens (primary N) is 1. The molecular formula is C17H21N7O. The third-order valence-electron chi connectivity index (χ3n) is 3.75. The molecule has 25 heavy (non-hydrogen) atoms. The molecule has 8 heteroatoms. The summed E-state index contributed by atoms with van der Waals surface area (Å²) in [6.07, 6.45) is 6.08. The van der Waals surface area contributed by atoms with Gasteiger partial charge in [-0.2, -0.15) is 0 Å². The number of carbonyl (C=O) groups is 1. The number of nitrogen functional groups attached to an aromatic ring is 1. The third kappa shape index (κ3) is 5.17. The predicted molar refractivity (Wildman–Crippen MR) is 93.3 cm³/mol. The van der Waals surface area contributed by atoms with Gasteiger partial charge in [0.25, 0.3) is 0 Å². The summed E-state index contributed by atoms with van der Waals surface area (Å²) in [6.45, 7) is 0.672. The lowest BCUT2D eigenvalue weighted by atomic mass is 10.2. The quantitative estimate of drug-likeness (QED) is 0.568. The van der Waals surface area contributed by atoms with Crippen LogP contribution in [0.15, 0.2) is 42.7 Å². The van der Waals surface area contributed by atoms with Gasteiger partial charge in [0.05, 0.1) is 11.9 Å². The van der Waals surface area contributed by atoms with Crippen molar-refractivity contribution in [3.63, 3.8) is 0 Å². The van der Waals surface area contributed by atoms with E-state index >= 15 is 0 Å². The second kappa shape index (κ2) is 8.09. The molecule has 0 atom stereocenters. The fourth-order valence-corrected chi connectivity index (χ4v) is 2.49. The minimum atomic E-state index is -0.0896. The zero-order valence-corrected chi connectivity index (χ0v) is 13.9. The van der Waals surface area contributed by atoms with Gasteiger partial charge in [0.2, 0.25) is 5.91 Å². The van der Waals surface area contributed by atoms with Gasteiger partial charge in [-0.05, 0) is 24.8 Å². The maximum absolute atomic E-state index is 12.0. The third-order valence-corrected chi connectivity index (χ3v) is 3.75. The minimum absolute atomic E-state index is 0.0896. The highest BCUT2D eigenvalue weighted by atomic mass is 16.2. The van der Waals surface area contributed by atoms with Crippen LogP contribution in [0.25, 0.3) is 0 Å². The van der Waals surface area contributed by atoms with Gasteiger partial charge in [0.15, 0.2) is 5.95 Å². The van der Waals surface area contributed by atoms with E-state index in [0.29, 0.717) is 12.5 Å². The normalized spacial score (nSPS) is 10.7. The molecule has 0 saturated carbocycles. The molecule has 0 aliphatic rings. The number of hydrogen-bond acceptors (Lipinski definition) is 5. The summed E-state index contributed by atoms with van der Waals surface area (Å²) >= 11 is 0. The first kappa shape index (κ1) is 16.7. The van der Waals surface area contributed by atoms with Gasteiger partial charge in [0.1, 0.15) is 6.54 Å². The highest BCUT2D eigenvalue weighted by Crippen LogP contribution is 2.05. The van der Waals surface area contributed by atoms with Crippen molar-refractivity contribution in [1.82, 2.24) is 30.3 Å². The van der Waals surface area contributed by atoms with Crippen LogP contribution in [0.1, 0.15) is 23.4 Å². The monoisotopic (exact) mass is 339 g/mol. The lowest BCUT2D eigenvalue weighted by Gasteiger charge is -2.04. The van der Waals surface area contributed by atoms with E-state index in [1.54, 1.807) is 10.9 Å². The summed E-state index contributed by atoms with van der Waals surface area (Å²) in [6, 6.07) is 9.79. The molecule has 1 aromatic carbocycles. The molecule has 0 aliphatic carbocycles. The first-order chi connectivity index (χ1) is 12.2. The van der Waals surface area contributed by atoms with Crippen LogP contribution in [0, 0.1) is 0 Å². The molecule has 0 aliphatic heterocycles. The molecule has 4 N–H and O–H groups in total. The summed E-state index contributed by atoms with van der Waals surface area (Å²) < 4.78 is 1.56. The van der Waals surface area contributed by atoms with Gasteiger partial charge < -0.3 is 16.0 Å². The van der Waals surface area contributed by atoms with E-state index in [2.05, 4.69) is 25.6 Å². The molecule has 0 fully saturated rings. The number of hydrogen-bond donors (Lipinski definition) is 3. The first-order valence-corrected chi connectivity index (χ1v) is 8.18. The van der Waals surface area contributed by atoms with E-state index in [1.807, 2.05) is 36.5 Å².